The van der Waals surface area contributed by atoms with Gasteiger partial charge >= 0.3 is 0 Å². The Labute approximate surface area is 189 Å². The maximum absolute atomic E-state index is 13.7. The Bertz CT molecular complexity index is 1280. The molecule has 0 fully saturated rings. The zero-order chi connectivity index (χ0) is 23.2. The number of nitrogens with one attached hydrogen (secondary N) is 1. The van der Waals surface area contributed by atoms with Gasteiger partial charge in [0.25, 0.3) is 0 Å². The van der Waals surface area contributed by atoms with Crippen LogP contribution in [0.25, 0.3) is 17.0 Å². The Morgan fingerprint density at radius 2 is 1.91 bits per heavy atom. The van der Waals surface area contributed by atoms with Crippen LogP contribution in [0.5, 0.6) is 17.4 Å². The van der Waals surface area contributed by atoms with Crippen LogP contribution in [0.1, 0.15) is 5.56 Å². The number of halogens is 1. The predicted molar refractivity (Wildman–Crippen MR) is 118 cm³/mol. The number of nitrogens with zero attached hydrogens (tertiary/aromatic N) is 4. The van der Waals surface area contributed by atoms with Gasteiger partial charge in [0.2, 0.25) is 11.8 Å². The first-order valence-corrected chi connectivity index (χ1v) is 10.2. The second-order valence-corrected chi connectivity index (χ2v) is 7.00. The molecule has 0 radical (unpaired) electrons. The summed E-state index contributed by atoms with van der Waals surface area (Å²) in [5.41, 5.74) is 1.53. The fraction of sp³-hybridized carbons (Fsp3) is 0.217. The van der Waals surface area contributed by atoms with Crippen molar-refractivity contribution in [2.24, 2.45) is 0 Å². The van der Waals surface area contributed by atoms with Crippen molar-refractivity contribution >= 4 is 11.6 Å². The smallest absolute Gasteiger partial charge is 0.231 e. The van der Waals surface area contributed by atoms with Crippen molar-refractivity contribution in [2.45, 2.75) is 6.42 Å². The number of hydrogen-bond donors (Lipinski definition) is 1. The van der Waals surface area contributed by atoms with E-state index in [-0.39, 0.29) is 25.5 Å². The highest BCUT2D eigenvalue weighted by molar-refractivity contribution is 5.78. The van der Waals surface area contributed by atoms with E-state index >= 15 is 0 Å². The molecule has 0 aliphatic carbocycles. The zero-order valence-electron chi connectivity index (χ0n) is 18.1. The average Bonchev–Trinajstić information content (AvgIpc) is 3.26. The molecule has 1 amide bonds. The number of fused-ring (bicyclic) bond motifs is 1. The summed E-state index contributed by atoms with van der Waals surface area (Å²) in [6, 6.07) is 14.9. The molecule has 2 aromatic carbocycles. The quantitative estimate of drug-likeness (QED) is 0.391. The summed E-state index contributed by atoms with van der Waals surface area (Å²) in [6.07, 6.45) is -0.0384. The monoisotopic (exact) mass is 451 g/mol. The molecule has 0 atom stereocenters. The SMILES string of the molecule is COc1ccc(OC)c(-c2nnc3ccc(OCCNC(=O)Cc4ccccc4F)nn23)c1. The minimum absolute atomic E-state index is 0.0384. The third-order valence-corrected chi connectivity index (χ3v) is 4.87. The molecule has 170 valence electrons. The summed E-state index contributed by atoms with van der Waals surface area (Å²) < 4.78 is 31.6. The van der Waals surface area contributed by atoms with Gasteiger partial charge in [-0.2, -0.15) is 4.52 Å². The molecule has 2 heterocycles. The number of methoxy groups -OCH3 is 2. The van der Waals surface area contributed by atoms with E-state index in [1.54, 1.807) is 67.3 Å². The van der Waals surface area contributed by atoms with Crippen molar-refractivity contribution in [1.82, 2.24) is 25.1 Å². The minimum atomic E-state index is -0.404. The van der Waals surface area contributed by atoms with Gasteiger partial charge in [0, 0.05) is 6.07 Å². The second-order valence-electron chi connectivity index (χ2n) is 7.00. The summed E-state index contributed by atoms with van der Waals surface area (Å²) in [4.78, 5) is 12.0. The summed E-state index contributed by atoms with van der Waals surface area (Å²) >= 11 is 0. The largest absolute Gasteiger partial charge is 0.497 e. The maximum atomic E-state index is 13.7. The van der Waals surface area contributed by atoms with Crippen LogP contribution in [0.2, 0.25) is 0 Å². The number of aromatic nitrogens is 4. The number of carbonyl (C=O) groups excluding carboxylic acids is 1. The Kier molecular flexibility index (Phi) is 6.63. The van der Waals surface area contributed by atoms with Crippen LogP contribution in [0.3, 0.4) is 0 Å². The van der Waals surface area contributed by atoms with Gasteiger partial charge in [-0.15, -0.1) is 15.3 Å². The van der Waals surface area contributed by atoms with E-state index in [1.807, 2.05) is 0 Å². The van der Waals surface area contributed by atoms with Crippen LogP contribution < -0.4 is 19.5 Å². The minimum Gasteiger partial charge on any atom is -0.497 e. The Morgan fingerprint density at radius 3 is 2.70 bits per heavy atom. The zero-order valence-corrected chi connectivity index (χ0v) is 18.1. The Balaban J connectivity index is 1.42. The molecule has 9 nitrogen and oxygen atoms in total. The second kappa shape index (κ2) is 9.94. The van der Waals surface area contributed by atoms with E-state index < -0.39 is 5.82 Å². The van der Waals surface area contributed by atoms with Crippen LogP contribution in [0, 0.1) is 5.82 Å². The molecule has 0 aliphatic rings. The van der Waals surface area contributed by atoms with Gasteiger partial charge in [-0.05, 0) is 35.9 Å². The Morgan fingerprint density at radius 1 is 1.06 bits per heavy atom. The van der Waals surface area contributed by atoms with Gasteiger partial charge in [-0.3, -0.25) is 4.79 Å². The molecule has 33 heavy (non-hydrogen) atoms. The van der Waals surface area contributed by atoms with E-state index in [1.165, 1.54) is 6.07 Å². The van der Waals surface area contributed by atoms with Crippen molar-refractivity contribution in [1.29, 1.82) is 0 Å². The highest BCUT2D eigenvalue weighted by atomic mass is 19.1. The lowest BCUT2D eigenvalue weighted by Crippen LogP contribution is -2.29. The third-order valence-electron chi connectivity index (χ3n) is 4.87. The van der Waals surface area contributed by atoms with Crippen molar-refractivity contribution in [3.8, 4) is 28.8 Å². The van der Waals surface area contributed by atoms with Crippen LogP contribution >= 0.6 is 0 Å². The van der Waals surface area contributed by atoms with E-state index in [0.29, 0.717) is 40.0 Å². The number of ether oxygens (including phenoxy) is 3. The van der Waals surface area contributed by atoms with Gasteiger partial charge in [0.1, 0.15) is 23.9 Å². The van der Waals surface area contributed by atoms with E-state index in [9.17, 15) is 9.18 Å². The first-order valence-electron chi connectivity index (χ1n) is 10.2. The number of rotatable bonds is 9. The van der Waals surface area contributed by atoms with Crippen LogP contribution in [0.4, 0.5) is 4.39 Å². The van der Waals surface area contributed by atoms with Gasteiger partial charge in [-0.1, -0.05) is 18.2 Å². The van der Waals surface area contributed by atoms with Crippen molar-refractivity contribution in [2.75, 3.05) is 27.4 Å². The van der Waals surface area contributed by atoms with E-state index in [4.69, 9.17) is 14.2 Å². The summed E-state index contributed by atoms with van der Waals surface area (Å²) in [6.45, 7) is 0.424. The summed E-state index contributed by atoms with van der Waals surface area (Å²) in [5, 5.41) is 15.5. The fourth-order valence-electron chi connectivity index (χ4n) is 3.23. The fourth-order valence-corrected chi connectivity index (χ4v) is 3.23. The lowest BCUT2D eigenvalue weighted by atomic mass is 10.1. The molecular formula is C23H22FN5O4. The number of carbonyl (C=O) groups is 1. The molecule has 10 heteroatoms. The van der Waals surface area contributed by atoms with E-state index in [2.05, 4.69) is 20.6 Å². The van der Waals surface area contributed by atoms with Crippen LogP contribution in [-0.2, 0) is 11.2 Å². The highest BCUT2D eigenvalue weighted by Gasteiger charge is 2.16. The Hall–Kier alpha value is -4.21. The summed E-state index contributed by atoms with van der Waals surface area (Å²) in [5.74, 6) is 1.33. The van der Waals surface area contributed by atoms with Gasteiger partial charge < -0.3 is 19.5 Å². The lowest BCUT2D eigenvalue weighted by molar-refractivity contribution is -0.120. The first-order chi connectivity index (χ1) is 16.1. The van der Waals surface area contributed by atoms with Crippen LogP contribution in [0.15, 0.2) is 54.6 Å². The van der Waals surface area contributed by atoms with Gasteiger partial charge in [-0.25, -0.2) is 4.39 Å². The lowest BCUT2D eigenvalue weighted by Gasteiger charge is -2.10. The van der Waals surface area contributed by atoms with E-state index in [0.717, 1.165) is 0 Å². The van der Waals surface area contributed by atoms with Gasteiger partial charge in [0.15, 0.2) is 11.5 Å². The molecule has 0 bridgehead atoms. The molecule has 0 aliphatic heterocycles. The average molecular weight is 451 g/mol. The molecule has 0 spiro atoms. The molecule has 1 N–H and O–H groups in total. The third kappa shape index (κ3) is 5.00. The molecule has 0 saturated carbocycles. The van der Waals surface area contributed by atoms with Crippen molar-refractivity contribution in [3.63, 3.8) is 0 Å². The molecule has 4 aromatic rings. The number of amides is 1. The normalized spacial score (nSPS) is 10.8. The first kappa shape index (κ1) is 22.0. The maximum Gasteiger partial charge on any atom is 0.231 e. The molecule has 0 unspecified atom stereocenters. The van der Waals surface area contributed by atoms with Crippen molar-refractivity contribution in [3.05, 3.63) is 66.0 Å². The molecule has 2 aromatic heterocycles. The highest BCUT2D eigenvalue weighted by Crippen LogP contribution is 2.32. The van der Waals surface area contributed by atoms with Crippen LogP contribution in [-0.4, -0.2) is 53.1 Å². The predicted octanol–water partition coefficient (Wildman–Crippen LogP) is 2.69. The molecular weight excluding hydrogens is 429 g/mol. The van der Waals surface area contributed by atoms with Crippen molar-refractivity contribution < 1.29 is 23.4 Å². The molecule has 4 rings (SSSR count). The summed E-state index contributed by atoms with van der Waals surface area (Å²) in [7, 11) is 3.14. The molecule has 0 saturated heterocycles. The standard InChI is InChI=1S/C23H22FN5O4/c1-31-16-7-8-19(32-2)17(14-16)23-27-26-20-9-10-22(28-29(20)23)33-12-11-25-21(30)13-15-5-3-4-6-18(15)24/h3-10,14H,11-13H2,1-2H3,(H,25,30). The van der Waals surface area contributed by atoms with Gasteiger partial charge in [0.05, 0.1) is 32.7 Å². The number of hydrogen-bond acceptors (Lipinski definition) is 7. The topological polar surface area (TPSA) is 99.9 Å². The number of benzene rings is 2.